The molecule has 3 aromatic rings. The second kappa shape index (κ2) is 16.8. The third-order valence-electron chi connectivity index (χ3n) is 7.65. The molecular weight excluding hydrogens is 618 g/mol. The Labute approximate surface area is 280 Å². The van der Waals surface area contributed by atoms with Gasteiger partial charge in [-0.1, -0.05) is 80.6 Å². The van der Waals surface area contributed by atoms with E-state index in [0.29, 0.717) is 11.6 Å². The van der Waals surface area contributed by atoms with Crippen LogP contribution in [0.4, 0.5) is 10.5 Å². The standard InChI is InChI=1S/C35H43N5O6S/c1-23(2)16-17-28(47)19-32(41)46-38-33(42)30(37-35(44)45-21-25-10-5-4-6-11-25)18-27-20-39(34(43)24(3)36)22-40(27)31-15-9-13-26-12-7-8-14-29(26)31/h4-15,20,23-24,28,30,47H,16-19,21-22,36H2,1-3H3,(H,37,44)(H,38,42)/t24-,28-,30+/m0/s1. The lowest BCUT2D eigenvalue weighted by atomic mass is 10.1. The van der Waals surface area contributed by atoms with Gasteiger partial charge in [0.1, 0.15) is 19.3 Å². The number of ether oxygens (including phenoxy) is 1. The summed E-state index contributed by atoms with van der Waals surface area (Å²) < 4.78 is 5.40. The maximum atomic E-state index is 13.5. The SMILES string of the molecule is CC(C)CC[C@H](S)CC(=O)ONC(=O)[C@@H](CC1=CN(C(=O)[C@H](C)N)CN1c1cccc2ccccc12)NC(=O)OCc1ccccc1. The molecule has 0 radical (unpaired) electrons. The van der Waals surface area contributed by atoms with E-state index in [0.717, 1.165) is 34.9 Å². The number of nitrogens with one attached hydrogen (secondary N) is 2. The summed E-state index contributed by atoms with van der Waals surface area (Å²) in [6.45, 7) is 5.90. The van der Waals surface area contributed by atoms with Gasteiger partial charge in [-0.15, -0.1) is 0 Å². The molecule has 0 bridgehead atoms. The van der Waals surface area contributed by atoms with E-state index in [1.54, 1.807) is 13.1 Å². The van der Waals surface area contributed by atoms with Crippen molar-refractivity contribution in [3.63, 3.8) is 0 Å². The van der Waals surface area contributed by atoms with E-state index in [1.807, 2.05) is 77.7 Å². The van der Waals surface area contributed by atoms with Gasteiger partial charge in [0.15, 0.2) is 0 Å². The largest absolute Gasteiger partial charge is 0.445 e. The quantitative estimate of drug-likeness (QED) is 0.148. The van der Waals surface area contributed by atoms with Crippen LogP contribution in [0.15, 0.2) is 84.7 Å². The van der Waals surface area contributed by atoms with Gasteiger partial charge in [0.2, 0.25) is 5.91 Å². The minimum atomic E-state index is -1.24. The lowest BCUT2D eigenvalue weighted by Crippen LogP contribution is -2.48. The van der Waals surface area contributed by atoms with Crippen LogP contribution in [0.25, 0.3) is 10.8 Å². The molecule has 47 heavy (non-hydrogen) atoms. The highest BCUT2D eigenvalue weighted by atomic mass is 32.1. The fraction of sp³-hybridized carbons (Fsp3) is 0.371. The number of carbonyl (C=O) groups is 4. The Hall–Kier alpha value is -4.55. The van der Waals surface area contributed by atoms with Crippen molar-refractivity contribution >= 4 is 53.0 Å². The van der Waals surface area contributed by atoms with Crippen molar-refractivity contribution in [2.24, 2.45) is 11.7 Å². The summed E-state index contributed by atoms with van der Waals surface area (Å²) in [6, 6.07) is 20.7. The van der Waals surface area contributed by atoms with Gasteiger partial charge >= 0.3 is 12.1 Å². The first kappa shape index (κ1) is 35.3. The number of carbonyl (C=O) groups excluding carboxylic acids is 4. The molecule has 0 saturated heterocycles. The highest BCUT2D eigenvalue weighted by Gasteiger charge is 2.33. The zero-order chi connectivity index (χ0) is 33.9. The number of nitrogens with two attached hydrogens (primary N) is 1. The van der Waals surface area contributed by atoms with Crippen molar-refractivity contribution in [3.05, 3.63) is 90.3 Å². The molecule has 3 aromatic carbocycles. The first-order valence-electron chi connectivity index (χ1n) is 15.7. The van der Waals surface area contributed by atoms with Gasteiger partial charge in [0.05, 0.1) is 18.2 Å². The molecule has 0 spiro atoms. The summed E-state index contributed by atoms with van der Waals surface area (Å²) in [7, 11) is 0. The van der Waals surface area contributed by atoms with Crippen molar-refractivity contribution in [1.29, 1.82) is 0 Å². The zero-order valence-electron chi connectivity index (χ0n) is 26.9. The van der Waals surface area contributed by atoms with Gasteiger partial charge in [-0.2, -0.15) is 18.1 Å². The van der Waals surface area contributed by atoms with E-state index in [-0.39, 0.29) is 37.3 Å². The van der Waals surface area contributed by atoms with Crippen LogP contribution in [0.5, 0.6) is 0 Å². The van der Waals surface area contributed by atoms with Gasteiger partial charge in [0.25, 0.3) is 5.91 Å². The Bertz CT molecular complexity index is 1580. The van der Waals surface area contributed by atoms with Crippen molar-refractivity contribution in [1.82, 2.24) is 15.7 Å². The molecule has 0 aromatic heterocycles. The molecule has 250 valence electrons. The van der Waals surface area contributed by atoms with Crippen LogP contribution in [0.1, 0.15) is 52.0 Å². The molecule has 0 aliphatic carbocycles. The number of thiol groups is 1. The highest BCUT2D eigenvalue weighted by molar-refractivity contribution is 7.81. The maximum absolute atomic E-state index is 13.5. The predicted molar refractivity (Wildman–Crippen MR) is 184 cm³/mol. The van der Waals surface area contributed by atoms with Crippen molar-refractivity contribution in [3.8, 4) is 0 Å². The van der Waals surface area contributed by atoms with E-state index in [9.17, 15) is 19.2 Å². The molecule has 11 nitrogen and oxygen atoms in total. The molecule has 12 heteroatoms. The second-order valence-electron chi connectivity index (χ2n) is 12.0. The number of amides is 3. The number of fused-ring (bicyclic) bond motifs is 1. The summed E-state index contributed by atoms with van der Waals surface area (Å²) in [4.78, 5) is 60.5. The highest BCUT2D eigenvalue weighted by Crippen LogP contribution is 2.34. The van der Waals surface area contributed by atoms with Gasteiger partial charge in [-0.3, -0.25) is 14.5 Å². The van der Waals surface area contributed by atoms with E-state index < -0.39 is 30.1 Å². The maximum Gasteiger partial charge on any atom is 0.408 e. The molecular formula is C35H43N5O6S. The monoisotopic (exact) mass is 661 g/mol. The van der Waals surface area contributed by atoms with Gasteiger partial charge in [0, 0.05) is 29.0 Å². The average molecular weight is 662 g/mol. The number of alkyl carbamates (subject to hydrolysis) is 1. The minimum Gasteiger partial charge on any atom is -0.445 e. The van der Waals surface area contributed by atoms with E-state index in [2.05, 4.69) is 37.3 Å². The summed E-state index contributed by atoms with van der Waals surface area (Å²) in [5, 5.41) is 4.30. The third-order valence-corrected chi connectivity index (χ3v) is 8.10. The van der Waals surface area contributed by atoms with Crippen LogP contribution in [0, 0.1) is 5.92 Å². The van der Waals surface area contributed by atoms with Gasteiger partial charge in [-0.05, 0) is 42.7 Å². The van der Waals surface area contributed by atoms with Crippen LogP contribution in [-0.2, 0) is 30.6 Å². The average Bonchev–Trinajstić information content (AvgIpc) is 3.48. The Balaban J connectivity index is 1.55. The van der Waals surface area contributed by atoms with E-state index in [4.69, 9.17) is 15.3 Å². The summed E-state index contributed by atoms with van der Waals surface area (Å²) in [5.41, 5.74) is 10.3. The number of benzene rings is 3. The Morgan fingerprint density at radius 1 is 0.936 bits per heavy atom. The fourth-order valence-electron chi connectivity index (χ4n) is 5.13. The molecule has 1 heterocycles. The van der Waals surface area contributed by atoms with Crippen LogP contribution < -0.4 is 21.4 Å². The minimum absolute atomic E-state index is 0.00167. The van der Waals surface area contributed by atoms with Crippen LogP contribution in [0.3, 0.4) is 0 Å². The van der Waals surface area contributed by atoms with Crippen LogP contribution in [0.2, 0.25) is 0 Å². The van der Waals surface area contributed by atoms with Crippen molar-refractivity contribution in [2.75, 3.05) is 11.6 Å². The summed E-state index contributed by atoms with van der Waals surface area (Å²) >= 11 is 4.47. The molecule has 1 aliphatic rings. The fourth-order valence-corrected chi connectivity index (χ4v) is 5.43. The third kappa shape index (κ3) is 10.2. The number of hydrogen-bond acceptors (Lipinski definition) is 9. The lowest BCUT2D eigenvalue weighted by Gasteiger charge is -2.27. The zero-order valence-corrected chi connectivity index (χ0v) is 27.8. The van der Waals surface area contributed by atoms with Crippen molar-refractivity contribution < 1.29 is 28.8 Å². The predicted octanol–water partition coefficient (Wildman–Crippen LogP) is 5.02. The van der Waals surface area contributed by atoms with Crippen LogP contribution in [-0.4, -0.2) is 52.8 Å². The number of anilines is 1. The smallest absolute Gasteiger partial charge is 0.408 e. The molecule has 0 unspecified atom stereocenters. The molecule has 0 saturated carbocycles. The molecule has 3 amide bonds. The Kier molecular flexibility index (Phi) is 12.7. The van der Waals surface area contributed by atoms with Crippen LogP contribution >= 0.6 is 12.6 Å². The lowest BCUT2D eigenvalue weighted by molar-refractivity contribution is -0.158. The summed E-state index contributed by atoms with van der Waals surface area (Å²) in [5.74, 6) is -1.28. The number of hydroxylamine groups is 1. The van der Waals surface area contributed by atoms with E-state index >= 15 is 0 Å². The van der Waals surface area contributed by atoms with Gasteiger partial charge in [-0.25, -0.2) is 9.59 Å². The molecule has 3 atom stereocenters. The van der Waals surface area contributed by atoms with Gasteiger partial charge < -0.3 is 25.5 Å². The topological polar surface area (TPSA) is 143 Å². The molecule has 4 N–H and O–H groups in total. The molecule has 1 aliphatic heterocycles. The summed E-state index contributed by atoms with van der Waals surface area (Å²) in [6.07, 6.45) is 2.33. The molecule has 0 fully saturated rings. The number of hydrogen-bond donors (Lipinski definition) is 4. The number of nitrogens with zero attached hydrogens (tertiary/aromatic N) is 2. The molecule has 4 rings (SSSR count). The normalized spacial score (nSPS) is 14.7. The van der Waals surface area contributed by atoms with E-state index in [1.165, 1.54) is 4.90 Å². The second-order valence-corrected chi connectivity index (χ2v) is 12.7. The Morgan fingerprint density at radius 2 is 1.64 bits per heavy atom. The Morgan fingerprint density at radius 3 is 2.36 bits per heavy atom. The first-order valence-corrected chi connectivity index (χ1v) is 16.2. The van der Waals surface area contributed by atoms with Crippen molar-refractivity contribution in [2.45, 2.75) is 70.4 Å². The first-order chi connectivity index (χ1) is 22.5. The number of rotatable bonds is 13.